The Hall–Kier alpha value is -1.88. The van der Waals surface area contributed by atoms with Gasteiger partial charge < -0.3 is 16.0 Å². The molecule has 1 aliphatic carbocycles. The SMILES string of the molecule is O=C(CCC1CCNC1)Nc1ccc(C(=O)NC2CCCC2)cc1. The Kier molecular flexibility index (Phi) is 5.86. The van der Waals surface area contributed by atoms with Crippen molar-refractivity contribution in [3.63, 3.8) is 0 Å². The number of carbonyl (C=O) groups excluding carboxylic acids is 2. The molecule has 0 radical (unpaired) electrons. The van der Waals surface area contributed by atoms with E-state index in [1.54, 1.807) is 24.3 Å². The summed E-state index contributed by atoms with van der Waals surface area (Å²) in [5.41, 5.74) is 1.40. The average molecular weight is 329 g/mol. The van der Waals surface area contributed by atoms with Gasteiger partial charge in [-0.1, -0.05) is 12.8 Å². The fourth-order valence-corrected chi connectivity index (χ4v) is 3.56. The summed E-state index contributed by atoms with van der Waals surface area (Å²) < 4.78 is 0. The maximum atomic E-state index is 12.2. The third-order valence-electron chi connectivity index (χ3n) is 5.06. The molecule has 0 spiro atoms. The van der Waals surface area contributed by atoms with Gasteiger partial charge in [0.25, 0.3) is 5.91 Å². The molecule has 1 atom stereocenters. The monoisotopic (exact) mass is 329 g/mol. The lowest BCUT2D eigenvalue weighted by molar-refractivity contribution is -0.116. The van der Waals surface area contributed by atoms with Gasteiger partial charge in [-0.3, -0.25) is 9.59 Å². The molecule has 5 nitrogen and oxygen atoms in total. The minimum atomic E-state index is -0.0199. The smallest absolute Gasteiger partial charge is 0.251 e. The molecule has 1 saturated carbocycles. The van der Waals surface area contributed by atoms with E-state index in [0.29, 0.717) is 23.9 Å². The van der Waals surface area contributed by atoms with Crippen LogP contribution in [0, 0.1) is 5.92 Å². The van der Waals surface area contributed by atoms with Gasteiger partial charge in [0, 0.05) is 23.7 Å². The van der Waals surface area contributed by atoms with Gasteiger partial charge in [0.1, 0.15) is 0 Å². The minimum Gasteiger partial charge on any atom is -0.349 e. The normalized spacial score (nSPS) is 20.9. The summed E-state index contributed by atoms with van der Waals surface area (Å²) >= 11 is 0. The second-order valence-corrected chi connectivity index (χ2v) is 6.98. The van der Waals surface area contributed by atoms with E-state index in [9.17, 15) is 9.59 Å². The molecule has 2 amide bonds. The van der Waals surface area contributed by atoms with Gasteiger partial charge in [-0.05, 0) is 69.0 Å². The van der Waals surface area contributed by atoms with Crippen molar-refractivity contribution in [3.05, 3.63) is 29.8 Å². The van der Waals surface area contributed by atoms with Crippen LogP contribution in [0.2, 0.25) is 0 Å². The van der Waals surface area contributed by atoms with E-state index in [0.717, 1.165) is 44.5 Å². The fourth-order valence-electron chi connectivity index (χ4n) is 3.56. The Labute approximate surface area is 143 Å². The van der Waals surface area contributed by atoms with Crippen molar-refractivity contribution >= 4 is 17.5 Å². The van der Waals surface area contributed by atoms with E-state index in [1.807, 2.05) is 0 Å². The lowest BCUT2D eigenvalue weighted by Crippen LogP contribution is -2.32. The number of benzene rings is 1. The zero-order valence-corrected chi connectivity index (χ0v) is 14.1. The molecule has 3 rings (SSSR count). The van der Waals surface area contributed by atoms with Crippen LogP contribution >= 0.6 is 0 Å². The molecule has 130 valence electrons. The molecule has 1 unspecified atom stereocenters. The summed E-state index contributed by atoms with van der Waals surface area (Å²) in [4.78, 5) is 24.2. The van der Waals surface area contributed by atoms with Gasteiger partial charge in [-0.25, -0.2) is 0 Å². The number of amides is 2. The van der Waals surface area contributed by atoms with Crippen molar-refractivity contribution in [1.29, 1.82) is 0 Å². The Bertz CT molecular complexity index is 558. The van der Waals surface area contributed by atoms with Crippen LogP contribution in [0.4, 0.5) is 5.69 Å². The second-order valence-electron chi connectivity index (χ2n) is 6.98. The van der Waals surface area contributed by atoms with Crippen molar-refractivity contribution in [2.24, 2.45) is 5.92 Å². The molecule has 5 heteroatoms. The zero-order valence-electron chi connectivity index (χ0n) is 14.1. The predicted octanol–water partition coefficient (Wildman–Crippen LogP) is 2.69. The summed E-state index contributed by atoms with van der Waals surface area (Å²) in [6.45, 7) is 2.09. The van der Waals surface area contributed by atoms with Gasteiger partial charge in [-0.15, -0.1) is 0 Å². The molecule has 1 saturated heterocycles. The van der Waals surface area contributed by atoms with Crippen molar-refractivity contribution in [2.75, 3.05) is 18.4 Å². The molecule has 0 aromatic heterocycles. The van der Waals surface area contributed by atoms with Crippen LogP contribution in [-0.2, 0) is 4.79 Å². The van der Waals surface area contributed by atoms with E-state index in [1.165, 1.54) is 12.8 Å². The van der Waals surface area contributed by atoms with E-state index < -0.39 is 0 Å². The fraction of sp³-hybridized carbons (Fsp3) is 0.579. The van der Waals surface area contributed by atoms with Crippen LogP contribution in [-0.4, -0.2) is 30.9 Å². The third kappa shape index (κ3) is 4.81. The predicted molar refractivity (Wildman–Crippen MR) is 95.0 cm³/mol. The number of hydrogen-bond acceptors (Lipinski definition) is 3. The molecule has 1 heterocycles. The Morgan fingerprint density at radius 2 is 1.83 bits per heavy atom. The van der Waals surface area contributed by atoms with Crippen LogP contribution in [0.5, 0.6) is 0 Å². The topological polar surface area (TPSA) is 70.2 Å². The summed E-state index contributed by atoms with van der Waals surface area (Å²) in [6.07, 6.45) is 7.21. The van der Waals surface area contributed by atoms with Gasteiger partial charge >= 0.3 is 0 Å². The molecule has 1 aromatic rings. The van der Waals surface area contributed by atoms with Crippen molar-refractivity contribution < 1.29 is 9.59 Å². The first-order chi connectivity index (χ1) is 11.7. The minimum absolute atomic E-state index is 0.0199. The summed E-state index contributed by atoms with van der Waals surface area (Å²) in [6, 6.07) is 7.49. The summed E-state index contributed by atoms with van der Waals surface area (Å²) in [5.74, 6) is 0.649. The van der Waals surface area contributed by atoms with E-state index >= 15 is 0 Å². The van der Waals surface area contributed by atoms with E-state index in [4.69, 9.17) is 0 Å². The molecule has 2 fully saturated rings. The average Bonchev–Trinajstić information content (AvgIpc) is 3.27. The Balaban J connectivity index is 1.44. The first-order valence-corrected chi connectivity index (χ1v) is 9.12. The van der Waals surface area contributed by atoms with Crippen molar-refractivity contribution in [1.82, 2.24) is 10.6 Å². The highest BCUT2D eigenvalue weighted by Gasteiger charge is 2.18. The Morgan fingerprint density at radius 1 is 1.08 bits per heavy atom. The Morgan fingerprint density at radius 3 is 2.50 bits per heavy atom. The number of hydrogen-bond donors (Lipinski definition) is 3. The lowest BCUT2D eigenvalue weighted by Gasteiger charge is -2.12. The van der Waals surface area contributed by atoms with Crippen LogP contribution in [0.3, 0.4) is 0 Å². The van der Waals surface area contributed by atoms with Gasteiger partial charge in [0.15, 0.2) is 0 Å². The molecule has 1 aromatic carbocycles. The molecular weight excluding hydrogens is 302 g/mol. The van der Waals surface area contributed by atoms with Gasteiger partial charge in [0.2, 0.25) is 5.91 Å². The molecule has 2 aliphatic rings. The first kappa shape index (κ1) is 17.0. The highest BCUT2D eigenvalue weighted by atomic mass is 16.2. The number of rotatable bonds is 6. The number of anilines is 1. The molecule has 3 N–H and O–H groups in total. The van der Waals surface area contributed by atoms with Crippen LogP contribution < -0.4 is 16.0 Å². The summed E-state index contributed by atoms with van der Waals surface area (Å²) in [7, 11) is 0. The van der Waals surface area contributed by atoms with Crippen LogP contribution in [0.25, 0.3) is 0 Å². The van der Waals surface area contributed by atoms with E-state index in [2.05, 4.69) is 16.0 Å². The van der Waals surface area contributed by atoms with Crippen LogP contribution in [0.15, 0.2) is 24.3 Å². The third-order valence-corrected chi connectivity index (χ3v) is 5.06. The highest BCUT2D eigenvalue weighted by molar-refractivity contribution is 5.96. The standard InChI is InChI=1S/C19H27N3O2/c23-18(10-5-14-11-12-20-13-14)21-17-8-6-15(7-9-17)19(24)22-16-3-1-2-4-16/h6-9,14,16,20H,1-5,10-13H2,(H,21,23)(H,22,24). The maximum Gasteiger partial charge on any atom is 0.251 e. The number of carbonyl (C=O) groups is 2. The highest BCUT2D eigenvalue weighted by Crippen LogP contribution is 2.19. The zero-order chi connectivity index (χ0) is 16.8. The largest absolute Gasteiger partial charge is 0.349 e. The molecular formula is C19H27N3O2. The quantitative estimate of drug-likeness (QED) is 0.751. The lowest BCUT2D eigenvalue weighted by atomic mass is 10.0. The van der Waals surface area contributed by atoms with Crippen LogP contribution in [0.1, 0.15) is 55.3 Å². The first-order valence-electron chi connectivity index (χ1n) is 9.12. The van der Waals surface area contributed by atoms with Gasteiger partial charge in [0.05, 0.1) is 0 Å². The summed E-state index contributed by atoms with van der Waals surface area (Å²) in [5, 5.41) is 9.31. The van der Waals surface area contributed by atoms with E-state index in [-0.39, 0.29) is 11.8 Å². The van der Waals surface area contributed by atoms with Crippen molar-refractivity contribution in [2.45, 2.75) is 51.0 Å². The molecule has 0 bridgehead atoms. The number of nitrogens with one attached hydrogen (secondary N) is 3. The molecule has 1 aliphatic heterocycles. The van der Waals surface area contributed by atoms with Crippen molar-refractivity contribution in [3.8, 4) is 0 Å². The maximum absolute atomic E-state index is 12.2. The van der Waals surface area contributed by atoms with Gasteiger partial charge in [-0.2, -0.15) is 0 Å². The molecule has 24 heavy (non-hydrogen) atoms. The second kappa shape index (κ2) is 8.29.